The zero-order chi connectivity index (χ0) is 16.8. The second-order valence-corrected chi connectivity index (χ2v) is 6.37. The molecular weight excluding hydrogens is 316 g/mol. The third-order valence-corrected chi connectivity index (χ3v) is 4.80. The molecule has 0 bridgehead atoms. The molecule has 0 amide bonds. The van der Waals surface area contributed by atoms with Crippen LogP contribution in [0.2, 0.25) is 0 Å². The fraction of sp³-hybridized carbons (Fsp3) is 0.350. The fourth-order valence-electron chi connectivity index (χ4n) is 3.05. The zero-order valence-corrected chi connectivity index (χ0v) is 15.0. The standard InChI is InChI=1S/C20H24N2OS/c1-2-23-19-11-7-6-10-18(19)20(24)22-14-12-21(13-15-22)16-17-8-4-3-5-9-17/h3-11H,2,12-16H2,1H3. The number of benzene rings is 2. The number of nitrogens with zero attached hydrogens (tertiary/aromatic N) is 2. The zero-order valence-electron chi connectivity index (χ0n) is 14.1. The molecule has 24 heavy (non-hydrogen) atoms. The van der Waals surface area contributed by atoms with Crippen LogP contribution in [0, 0.1) is 0 Å². The molecule has 1 aliphatic heterocycles. The van der Waals surface area contributed by atoms with Crippen LogP contribution in [0.25, 0.3) is 0 Å². The molecule has 1 fully saturated rings. The molecule has 2 aromatic carbocycles. The van der Waals surface area contributed by atoms with E-state index in [1.165, 1.54) is 5.56 Å². The highest BCUT2D eigenvalue weighted by Gasteiger charge is 2.21. The Bertz CT molecular complexity index is 666. The van der Waals surface area contributed by atoms with E-state index in [1.54, 1.807) is 0 Å². The van der Waals surface area contributed by atoms with Crippen molar-refractivity contribution >= 4 is 17.2 Å². The molecule has 2 aromatic rings. The summed E-state index contributed by atoms with van der Waals surface area (Å²) in [6.07, 6.45) is 0. The lowest BCUT2D eigenvalue weighted by Crippen LogP contribution is -2.48. The van der Waals surface area contributed by atoms with Crippen LogP contribution in [0.5, 0.6) is 5.75 Å². The van der Waals surface area contributed by atoms with Gasteiger partial charge in [0.15, 0.2) is 0 Å². The Morgan fingerprint density at radius 2 is 1.62 bits per heavy atom. The topological polar surface area (TPSA) is 15.7 Å². The first-order valence-electron chi connectivity index (χ1n) is 8.55. The molecule has 0 unspecified atom stereocenters. The predicted octanol–water partition coefficient (Wildman–Crippen LogP) is 3.58. The first-order valence-corrected chi connectivity index (χ1v) is 8.96. The van der Waals surface area contributed by atoms with Crippen molar-refractivity contribution in [3.8, 4) is 5.75 Å². The first kappa shape index (κ1) is 16.9. The van der Waals surface area contributed by atoms with Crippen molar-refractivity contribution in [2.45, 2.75) is 13.5 Å². The largest absolute Gasteiger partial charge is 0.493 e. The summed E-state index contributed by atoms with van der Waals surface area (Å²) in [5.41, 5.74) is 2.40. The summed E-state index contributed by atoms with van der Waals surface area (Å²) >= 11 is 5.74. The molecule has 0 saturated carbocycles. The Morgan fingerprint density at radius 1 is 0.958 bits per heavy atom. The monoisotopic (exact) mass is 340 g/mol. The van der Waals surface area contributed by atoms with E-state index in [0.29, 0.717) is 6.61 Å². The maximum atomic E-state index is 5.74. The molecule has 4 heteroatoms. The summed E-state index contributed by atoms with van der Waals surface area (Å²) in [5.74, 6) is 0.886. The molecule has 0 spiro atoms. The van der Waals surface area contributed by atoms with Gasteiger partial charge in [-0.1, -0.05) is 54.7 Å². The molecule has 3 nitrogen and oxygen atoms in total. The Morgan fingerprint density at radius 3 is 2.33 bits per heavy atom. The molecular formula is C20H24N2OS. The fourth-order valence-corrected chi connectivity index (χ4v) is 3.40. The lowest BCUT2D eigenvalue weighted by molar-refractivity contribution is 0.177. The number of piperazine rings is 1. The number of rotatable bonds is 5. The van der Waals surface area contributed by atoms with Gasteiger partial charge in [0.05, 0.1) is 12.2 Å². The molecule has 1 heterocycles. The van der Waals surface area contributed by atoms with Crippen LogP contribution in [0.15, 0.2) is 54.6 Å². The van der Waals surface area contributed by atoms with Crippen molar-refractivity contribution < 1.29 is 4.74 Å². The SMILES string of the molecule is CCOc1ccccc1C(=S)N1CCN(Cc2ccccc2)CC1. The van der Waals surface area contributed by atoms with E-state index in [-0.39, 0.29) is 0 Å². The average molecular weight is 340 g/mol. The van der Waals surface area contributed by atoms with E-state index < -0.39 is 0 Å². The second kappa shape index (κ2) is 8.27. The predicted molar refractivity (Wildman–Crippen MR) is 103 cm³/mol. The number of thiocarbonyl (C=S) groups is 1. The minimum atomic E-state index is 0.657. The van der Waals surface area contributed by atoms with Crippen LogP contribution < -0.4 is 4.74 Å². The Balaban J connectivity index is 1.59. The smallest absolute Gasteiger partial charge is 0.129 e. The van der Waals surface area contributed by atoms with Crippen molar-refractivity contribution in [1.82, 2.24) is 9.80 Å². The Hall–Kier alpha value is -1.91. The van der Waals surface area contributed by atoms with Crippen molar-refractivity contribution in [3.05, 3.63) is 65.7 Å². The summed E-state index contributed by atoms with van der Waals surface area (Å²) in [6, 6.07) is 18.7. The quantitative estimate of drug-likeness (QED) is 0.773. The van der Waals surface area contributed by atoms with Crippen molar-refractivity contribution in [1.29, 1.82) is 0 Å². The maximum absolute atomic E-state index is 5.74. The maximum Gasteiger partial charge on any atom is 0.129 e. The lowest BCUT2D eigenvalue weighted by Gasteiger charge is -2.36. The van der Waals surface area contributed by atoms with Gasteiger partial charge >= 0.3 is 0 Å². The van der Waals surface area contributed by atoms with E-state index in [0.717, 1.165) is 49.0 Å². The van der Waals surface area contributed by atoms with Gasteiger partial charge in [-0.05, 0) is 24.6 Å². The van der Waals surface area contributed by atoms with Gasteiger partial charge in [-0.3, -0.25) is 4.90 Å². The van der Waals surface area contributed by atoms with E-state index >= 15 is 0 Å². The number of ether oxygens (including phenoxy) is 1. The minimum Gasteiger partial charge on any atom is -0.493 e. The van der Waals surface area contributed by atoms with Crippen LogP contribution >= 0.6 is 12.2 Å². The van der Waals surface area contributed by atoms with Crippen molar-refractivity contribution in [3.63, 3.8) is 0 Å². The van der Waals surface area contributed by atoms with Gasteiger partial charge in [0, 0.05) is 32.7 Å². The molecule has 0 aromatic heterocycles. The molecule has 0 radical (unpaired) electrons. The van der Waals surface area contributed by atoms with E-state index in [2.05, 4.69) is 46.2 Å². The number of hydrogen-bond acceptors (Lipinski definition) is 3. The van der Waals surface area contributed by atoms with Crippen LogP contribution in [-0.4, -0.2) is 47.6 Å². The second-order valence-electron chi connectivity index (χ2n) is 5.98. The summed E-state index contributed by atoms with van der Waals surface area (Å²) in [7, 11) is 0. The molecule has 126 valence electrons. The highest BCUT2D eigenvalue weighted by molar-refractivity contribution is 7.80. The van der Waals surface area contributed by atoms with Gasteiger partial charge < -0.3 is 9.64 Å². The van der Waals surface area contributed by atoms with Crippen molar-refractivity contribution in [2.24, 2.45) is 0 Å². The summed E-state index contributed by atoms with van der Waals surface area (Å²) in [5, 5.41) is 0. The van der Waals surface area contributed by atoms with Gasteiger partial charge in [0.2, 0.25) is 0 Å². The number of hydrogen-bond donors (Lipinski definition) is 0. The summed E-state index contributed by atoms with van der Waals surface area (Å²) in [4.78, 5) is 5.69. The highest BCUT2D eigenvalue weighted by Crippen LogP contribution is 2.21. The average Bonchev–Trinajstić information content (AvgIpc) is 2.63. The van der Waals surface area contributed by atoms with E-state index in [9.17, 15) is 0 Å². The minimum absolute atomic E-state index is 0.657. The van der Waals surface area contributed by atoms with Crippen LogP contribution in [0.4, 0.5) is 0 Å². The van der Waals surface area contributed by atoms with E-state index in [4.69, 9.17) is 17.0 Å². The van der Waals surface area contributed by atoms with Crippen molar-refractivity contribution in [2.75, 3.05) is 32.8 Å². The summed E-state index contributed by atoms with van der Waals surface area (Å²) in [6.45, 7) is 7.67. The molecule has 1 aliphatic rings. The van der Waals surface area contributed by atoms with Gasteiger partial charge in [0.1, 0.15) is 10.7 Å². The molecule has 0 aliphatic carbocycles. The van der Waals surface area contributed by atoms with Crippen LogP contribution in [-0.2, 0) is 6.54 Å². The lowest BCUT2D eigenvalue weighted by atomic mass is 10.1. The number of para-hydroxylation sites is 1. The van der Waals surface area contributed by atoms with Gasteiger partial charge in [-0.25, -0.2) is 0 Å². The summed E-state index contributed by atoms with van der Waals surface area (Å²) < 4.78 is 5.72. The molecule has 1 saturated heterocycles. The van der Waals surface area contributed by atoms with Crippen LogP contribution in [0.1, 0.15) is 18.1 Å². The van der Waals surface area contributed by atoms with Gasteiger partial charge in [-0.15, -0.1) is 0 Å². The highest BCUT2D eigenvalue weighted by atomic mass is 32.1. The molecule has 0 N–H and O–H groups in total. The van der Waals surface area contributed by atoms with Gasteiger partial charge in [-0.2, -0.15) is 0 Å². The molecule has 0 atom stereocenters. The Labute approximate surface area is 149 Å². The third-order valence-electron chi connectivity index (χ3n) is 4.33. The molecule has 3 rings (SSSR count). The van der Waals surface area contributed by atoms with Gasteiger partial charge in [0.25, 0.3) is 0 Å². The van der Waals surface area contributed by atoms with Crippen LogP contribution in [0.3, 0.4) is 0 Å². The third kappa shape index (κ3) is 4.13. The van der Waals surface area contributed by atoms with E-state index in [1.807, 2.05) is 25.1 Å². The Kier molecular flexibility index (Phi) is 5.83. The normalized spacial score (nSPS) is 15.3. The first-order chi connectivity index (χ1) is 11.8.